The molecule has 0 amide bonds. The van der Waals surface area contributed by atoms with Crippen molar-refractivity contribution in [3.8, 4) is 5.75 Å². The van der Waals surface area contributed by atoms with E-state index in [-0.39, 0.29) is 0 Å². The van der Waals surface area contributed by atoms with E-state index in [4.69, 9.17) is 10.5 Å². The van der Waals surface area contributed by atoms with Crippen LogP contribution in [0.25, 0.3) is 0 Å². The molecular weight excluding hydrogens is 264 g/mol. The monoisotopic (exact) mass is 286 g/mol. The predicted octanol–water partition coefficient (Wildman–Crippen LogP) is 2.82. The van der Waals surface area contributed by atoms with E-state index in [1.165, 1.54) is 32.1 Å². The zero-order valence-electron chi connectivity index (χ0n) is 12.2. The minimum absolute atomic E-state index is 0.450. The molecule has 0 aliphatic heterocycles. The minimum Gasteiger partial charge on any atom is -0.486 e. The molecule has 2 aromatic heterocycles. The summed E-state index contributed by atoms with van der Waals surface area (Å²) in [5.74, 6) is 0.749. The van der Waals surface area contributed by atoms with Gasteiger partial charge < -0.3 is 10.5 Å². The molecule has 1 fully saturated rings. The molecule has 1 aliphatic carbocycles. The fourth-order valence-corrected chi connectivity index (χ4v) is 2.78. The third kappa shape index (κ3) is 3.61. The summed E-state index contributed by atoms with van der Waals surface area (Å²) < 4.78 is 7.82. The molecule has 0 saturated heterocycles. The van der Waals surface area contributed by atoms with Crippen molar-refractivity contribution in [2.75, 3.05) is 0 Å². The quantitative estimate of drug-likeness (QED) is 0.918. The number of hydrogen-bond donors (Lipinski definition) is 1. The summed E-state index contributed by atoms with van der Waals surface area (Å²) in [5, 5.41) is 4.63. The van der Waals surface area contributed by atoms with E-state index >= 15 is 0 Å². The Morgan fingerprint density at radius 3 is 2.71 bits per heavy atom. The van der Waals surface area contributed by atoms with Crippen molar-refractivity contribution < 1.29 is 4.74 Å². The van der Waals surface area contributed by atoms with Gasteiger partial charge in [-0.1, -0.05) is 19.3 Å². The number of rotatable bonds is 5. The Hall–Kier alpha value is -1.88. The van der Waals surface area contributed by atoms with Crippen LogP contribution in [0.4, 0.5) is 0 Å². The summed E-state index contributed by atoms with van der Waals surface area (Å²) in [6.45, 7) is 0.926. The van der Waals surface area contributed by atoms with Gasteiger partial charge in [0.05, 0.1) is 23.6 Å². The number of hydrogen-bond acceptors (Lipinski definition) is 4. The molecule has 0 aromatic carbocycles. The van der Waals surface area contributed by atoms with Crippen molar-refractivity contribution in [1.29, 1.82) is 0 Å². The molecule has 3 rings (SSSR count). The average molecular weight is 286 g/mol. The Morgan fingerprint density at radius 1 is 1.14 bits per heavy atom. The highest BCUT2D eigenvalue weighted by atomic mass is 16.5. The lowest BCUT2D eigenvalue weighted by atomic mass is 9.96. The summed E-state index contributed by atoms with van der Waals surface area (Å²) in [6.07, 6.45) is 10.3. The highest BCUT2D eigenvalue weighted by Gasteiger charge is 2.16. The van der Waals surface area contributed by atoms with Gasteiger partial charge in [-0.3, -0.25) is 9.67 Å². The van der Waals surface area contributed by atoms with Gasteiger partial charge in [0.25, 0.3) is 0 Å². The van der Waals surface area contributed by atoms with Crippen molar-refractivity contribution in [2.45, 2.75) is 51.3 Å². The second-order valence-electron chi connectivity index (χ2n) is 5.56. The zero-order valence-corrected chi connectivity index (χ0v) is 12.2. The van der Waals surface area contributed by atoms with Crippen LogP contribution in [-0.2, 0) is 13.2 Å². The Balaban J connectivity index is 1.56. The lowest BCUT2D eigenvalue weighted by Crippen LogP contribution is -2.13. The fourth-order valence-electron chi connectivity index (χ4n) is 2.78. The second-order valence-corrected chi connectivity index (χ2v) is 5.56. The number of aromatic nitrogens is 3. The van der Waals surface area contributed by atoms with Gasteiger partial charge in [-0.05, 0) is 31.0 Å². The van der Waals surface area contributed by atoms with Crippen LogP contribution in [0.1, 0.15) is 49.5 Å². The molecule has 0 spiro atoms. The maximum Gasteiger partial charge on any atom is 0.138 e. The Labute approximate surface area is 125 Å². The lowest BCUT2D eigenvalue weighted by Gasteiger charge is -2.21. The standard InChI is InChI=1S/C16H22N4O/c17-10-13-6-7-16(11-18-13)21-12-14-8-9-20(19-14)15-4-2-1-3-5-15/h6-9,11,15H,1-5,10,12,17H2. The van der Waals surface area contributed by atoms with Crippen LogP contribution in [0.5, 0.6) is 5.75 Å². The van der Waals surface area contributed by atoms with Gasteiger partial charge in [0.2, 0.25) is 0 Å². The first kappa shape index (κ1) is 14.1. The van der Waals surface area contributed by atoms with Gasteiger partial charge in [0, 0.05) is 12.7 Å². The van der Waals surface area contributed by atoms with Crippen molar-refractivity contribution in [3.63, 3.8) is 0 Å². The second kappa shape index (κ2) is 6.72. The normalized spacial score (nSPS) is 16.0. The summed E-state index contributed by atoms with van der Waals surface area (Å²) in [5.41, 5.74) is 7.35. The molecule has 5 nitrogen and oxygen atoms in total. The minimum atomic E-state index is 0.450. The highest BCUT2D eigenvalue weighted by Crippen LogP contribution is 2.27. The topological polar surface area (TPSA) is 66.0 Å². The third-order valence-electron chi connectivity index (χ3n) is 4.01. The first-order valence-corrected chi connectivity index (χ1v) is 7.67. The fraction of sp³-hybridized carbons (Fsp3) is 0.500. The Morgan fingerprint density at radius 2 is 2.00 bits per heavy atom. The van der Waals surface area contributed by atoms with Gasteiger partial charge in [-0.25, -0.2) is 0 Å². The van der Waals surface area contributed by atoms with Crippen LogP contribution in [0.2, 0.25) is 0 Å². The SMILES string of the molecule is NCc1ccc(OCc2ccn(C3CCCCC3)n2)cn1. The summed E-state index contributed by atoms with van der Waals surface area (Å²) >= 11 is 0. The molecule has 0 unspecified atom stereocenters. The highest BCUT2D eigenvalue weighted by molar-refractivity contribution is 5.20. The van der Waals surface area contributed by atoms with Gasteiger partial charge in [-0.15, -0.1) is 0 Å². The molecule has 0 radical (unpaired) electrons. The molecule has 112 valence electrons. The Bertz CT molecular complexity index is 558. The Kier molecular flexibility index (Phi) is 4.50. The van der Waals surface area contributed by atoms with Crippen molar-refractivity contribution in [1.82, 2.24) is 14.8 Å². The van der Waals surface area contributed by atoms with Gasteiger partial charge in [-0.2, -0.15) is 5.10 Å². The van der Waals surface area contributed by atoms with Gasteiger partial charge >= 0.3 is 0 Å². The first-order chi connectivity index (χ1) is 10.3. The van der Waals surface area contributed by atoms with Crippen molar-refractivity contribution >= 4 is 0 Å². The van der Waals surface area contributed by atoms with Crippen LogP contribution in [0.3, 0.4) is 0 Å². The van der Waals surface area contributed by atoms with Crippen molar-refractivity contribution in [2.24, 2.45) is 5.73 Å². The van der Waals surface area contributed by atoms with Crippen LogP contribution >= 0.6 is 0 Å². The van der Waals surface area contributed by atoms with Crippen LogP contribution in [-0.4, -0.2) is 14.8 Å². The first-order valence-electron chi connectivity index (χ1n) is 7.67. The van der Waals surface area contributed by atoms with E-state index in [9.17, 15) is 0 Å². The van der Waals surface area contributed by atoms with Crippen LogP contribution < -0.4 is 10.5 Å². The molecule has 1 saturated carbocycles. The molecular formula is C16H22N4O. The molecule has 0 atom stereocenters. The maximum absolute atomic E-state index is 5.71. The van der Waals surface area contributed by atoms with Crippen LogP contribution in [0, 0.1) is 0 Å². The number of pyridine rings is 1. The van der Waals surface area contributed by atoms with E-state index in [1.54, 1.807) is 6.20 Å². The number of nitrogens with zero attached hydrogens (tertiary/aromatic N) is 3. The van der Waals surface area contributed by atoms with Gasteiger partial charge in [0.15, 0.2) is 0 Å². The van der Waals surface area contributed by atoms with E-state index in [0.717, 1.165) is 17.1 Å². The van der Waals surface area contributed by atoms with E-state index < -0.39 is 0 Å². The summed E-state index contributed by atoms with van der Waals surface area (Å²) in [6, 6.07) is 6.39. The summed E-state index contributed by atoms with van der Waals surface area (Å²) in [7, 11) is 0. The van der Waals surface area contributed by atoms with Crippen molar-refractivity contribution in [3.05, 3.63) is 42.0 Å². The smallest absolute Gasteiger partial charge is 0.138 e. The molecule has 21 heavy (non-hydrogen) atoms. The lowest BCUT2D eigenvalue weighted by molar-refractivity contribution is 0.290. The van der Waals surface area contributed by atoms with E-state index in [2.05, 4.69) is 21.0 Å². The van der Waals surface area contributed by atoms with E-state index in [0.29, 0.717) is 19.2 Å². The number of nitrogens with two attached hydrogens (primary N) is 1. The molecule has 2 aromatic rings. The molecule has 2 heterocycles. The molecule has 0 bridgehead atoms. The maximum atomic E-state index is 5.71. The van der Waals surface area contributed by atoms with Gasteiger partial charge in [0.1, 0.15) is 12.4 Å². The molecule has 1 aliphatic rings. The van der Waals surface area contributed by atoms with Crippen LogP contribution in [0.15, 0.2) is 30.6 Å². The predicted molar refractivity (Wildman–Crippen MR) is 80.8 cm³/mol. The largest absolute Gasteiger partial charge is 0.486 e. The van der Waals surface area contributed by atoms with E-state index in [1.807, 2.05) is 18.2 Å². The third-order valence-corrected chi connectivity index (χ3v) is 4.01. The average Bonchev–Trinajstić information content (AvgIpc) is 3.03. The summed E-state index contributed by atoms with van der Waals surface area (Å²) in [4.78, 5) is 4.21. The zero-order chi connectivity index (χ0) is 14.5. The molecule has 5 heteroatoms. The molecule has 2 N–H and O–H groups in total. The number of ether oxygens (including phenoxy) is 1.